The molecule has 2 aromatic carbocycles. The number of fused-ring (bicyclic) bond motifs is 1. The van der Waals surface area contributed by atoms with Gasteiger partial charge in [-0.3, -0.25) is 9.78 Å². The van der Waals surface area contributed by atoms with Crippen molar-refractivity contribution < 1.29 is 13.6 Å². The topological polar surface area (TPSA) is 80.9 Å². The monoisotopic (exact) mass is 516 g/mol. The fourth-order valence-electron chi connectivity index (χ4n) is 3.93. The van der Waals surface area contributed by atoms with Crippen LogP contribution in [0, 0.1) is 5.82 Å². The number of carbonyl (C=O) groups excluding carboxylic acids is 1. The van der Waals surface area contributed by atoms with Crippen LogP contribution < -0.4 is 5.32 Å². The molecule has 1 N–H and O–H groups in total. The lowest BCUT2D eigenvalue weighted by Gasteiger charge is -2.17. The first-order valence-corrected chi connectivity index (χ1v) is 12.4. The van der Waals surface area contributed by atoms with E-state index in [9.17, 15) is 9.18 Å². The highest BCUT2D eigenvalue weighted by Crippen LogP contribution is 2.57. The van der Waals surface area contributed by atoms with E-state index >= 15 is 0 Å². The van der Waals surface area contributed by atoms with Gasteiger partial charge in [0.25, 0.3) is 0 Å². The lowest BCUT2D eigenvalue weighted by molar-refractivity contribution is -0.115. The van der Waals surface area contributed by atoms with Crippen LogP contribution >= 0.6 is 35.0 Å². The molecule has 0 unspecified atom stereocenters. The van der Waals surface area contributed by atoms with Crippen molar-refractivity contribution >= 4 is 57.7 Å². The van der Waals surface area contributed by atoms with Crippen molar-refractivity contribution in [3.8, 4) is 0 Å². The molecule has 2 heterocycles. The molecule has 1 fully saturated rings. The number of hydrogen-bond acceptors (Lipinski definition) is 6. The first kappa shape index (κ1) is 23.1. The molecule has 0 saturated heterocycles. The summed E-state index contributed by atoms with van der Waals surface area (Å²) in [4.78, 5) is 25.7. The maximum atomic E-state index is 13.6. The molecular formula is C24H19Cl2FN4O2S. The molecule has 2 aromatic heterocycles. The predicted octanol–water partition coefficient (Wildman–Crippen LogP) is 6.44. The molecule has 1 aliphatic carbocycles. The third kappa shape index (κ3) is 4.50. The zero-order valence-electron chi connectivity index (χ0n) is 18.1. The molecule has 0 atom stereocenters. The van der Waals surface area contributed by atoms with Crippen molar-refractivity contribution in [2.75, 3.05) is 11.1 Å². The van der Waals surface area contributed by atoms with Gasteiger partial charge < -0.3 is 9.73 Å². The SMILES string of the molecule is CCSc1cnc(CC(=O)Nc2cc(Cl)c(C3(c4nc5ccc(F)cc5o4)CC3)c(Cl)c2)cn1. The number of halogens is 3. The molecule has 0 radical (unpaired) electrons. The summed E-state index contributed by atoms with van der Waals surface area (Å²) in [5, 5.41) is 4.43. The number of aromatic nitrogens is 3. The van der Waals surface area contributed by atoms with E-state index in [1.54, 1.807) is 42.4 Å². The zero-order chi connectivity index (χ0) is 23.9. The van der Waals surface area contributed by atoms with Gasteiger partial charge in [0, 0.05) is 27.4 Å². The second-order valence-electron chi connectivity index (χ2n) is 8.03. The van der Waals surface area contributed by atoms with E-state index in [4.69, 9.17) is 27.6 Å². The molecule has 6 nitrogen and oxygen atoms in total. The van der Waals surface area contributed by atoms with Crippen LogP contribution in [0.3, 0.4) is 0 Å². The van der Waals surface area contributed by atoms with Gasteiger partial charge >= 0.3 is 0 Å². The van der Waals surface area contributed by atoms with Crippen LogP contribution in [-0.4, -0.2) is 26.6 Å². The van der Waals surface area contributed by atoms with Gasteiger partial charge in [-0.15, -0.1) is 11.8 Å². The minimum Gasteiger partial charge on any atom is -0.440 e. The largest absolute Gasteiger partial charge is 0.440 e. The van der Waals surface area contributed by atoms with Crippen LogP contribution in [0.25, 0.3) is 11.1 Å². The number of nitrogens with one attached hydrogen (secondary N) is 1. The molecule has 0 aliphatic heterocycles. The van der Waals surface area contributed by atoms with Crippen molar-refractivity contribution in [1.82, 2.24) is 15.0 Å². The average molecular weight is 517 g/mol. The average Bonchev–Trinajstić information content (AvgIpc) is 3.46. The highest BCUT2D eigenvalue weighted by molar-refractivity contribution is 7.99. The standard InChI is InChI=1S/C24H19Cl2FN4O2S/c1-2-34-21-12-28-15(11-29-21)10-20(32)30-14-8-16(25)22(17(26)9-14)24(5-6-24)23-31-18-4-3-13(27)7-19(18)33-23/h3-4,7-9,11-12H,2,5-6,10H2,1H3,(H,30,32). The zero-order valence-corrected chi connectivity index (χ0v) is 20.4. The summed E-state index contributed by atoms with van der Waals surface area (Å²) in [7, 11) is 0. The molecule has 34 heavy (non-hydrogen) atoms. The van der Waals surface area contributed by atoms with E-state index in [2.05, 4.69) is 20.3 Å². The summed E-state index contributed by atoms with van der Waals surface area (Å²) < 4.78 is 19.4. The van der Waals surface area contributed by atoms with Crippen LogP contribution in [0.2, 0.25) is 10.0 Å². The fourth-order valence-corrected chi connectivity index (χ4v) is 5.33. The van der Waals surface area contributed by atoms with Gasteiger partial charge in [0.05, 0.1) is 29.9 Å². The summed E-state index contributed by atoms with van der Waals surface area (Å²) in [5.74, 6) is 0.709. The number of anilines is 1. The lowest BCUT2D eigenvalue weighted by atomic mass is 9.95. The summed E-state index contributed by atoms with van der Waals surface area (Å²) in [6.45, 7) is 2.04. The first-order valence-electron chi connectivity index (χ1n) is 10.7. The molecule has 0 bridgehead atoms. The van der Waals surface area contributed by atoms with Gasteiger partial charge in [-0.05, 0) is 42.9 Å². The van der Waals surface area contributed by atoms with Crippen molar-refractivity contribution in [1.29, 1.82) is 0 Å². The normalized spacial score (nSPS) is 14.4. The van der Waals surface area contributed by atoms with E-state index in [-0.39, 0.29) is 12.3 Å². The minimum absolute atomic E-state index is 0.0739. The summed E-state index contributed by atoms with van der Waals surface area (Å²) in [6, 6.07) is 7.56. The Morgan fingerprint density at radius 1 is 1.18 bits per heavy atom. The smallest absolute Gasteiger partial charge is 0.230 e. The molecule has 5 rings (SSSR count). The third-order valence-corrected chi connectivity index (χ3v) is 7.02. The number of carbonyl (C=O) groups is 1. The molecule has 1 amide bonds. The Morgan fingerprint density at radius 3 is 2.59 bits per heavy atom. The number of oxazole rings is 1. The van der Waals surface area contributed by atoms with Crippen LogP contribution in [-0.2, 0) is 16.6 Å². The Bertz CT molecular complexity index is 1370. The Labute approximate surface area is 209 Å². The van der Waals surface area contributed by atoms with Crippen LogP contribution in [0.5, 0.6) is 0 Å². The van der Waals surface area contributed by atoms with Crippen molar-refractivity contribution in [3.63, 3.8) is 0 Å². The van der Waals surface area contributed by atoms with E-state index in [1.807, 2.05) is 6.92 Å². The molecule has 10 heteroatoms. The Balaban J connectivity index is 1.35. The van der Waals surface area contributed by atoms with Gasteiger partial charge in [-0.2, -0.15) is 0 Å². The third-order valence-electron chi connectivity index (χ3n) is 5.63. The van der Waals surface area contributed by atoms with Gasteiger partial charge in [-0.1, -0.05) is 30.1 Å². The molecule has 1 aliphatic rings. The molecule has 0 spiro atoms. The minimum atomic E-state index is -0.569. The molecule has 174 valence electrons. The van der Waals surface area contributed by atoms with Gasteiger partial charge in [0.2, 0.25) is 11.8 Å². The Morgan fingerprint density at radius 2 is 1.94 bits per heavy atom. The van der Waals surface area contributed by atoms with Crippen molar-refractivity contribution in [2.24, 2.45) is 0 Å². The van der Waals surface area contributed by atoms with Gasteiger partial charge in [-0.25, -0.2) is 14.4 Å². The summed E-state index contributed by atoms with van der Waals surface area (Å²) in [5.41, 5.74) is 2.11. The number of hydrogen-bond donors (Lipinski definition) is 1. The Hall–Kier alpha value is -2.68. The molecule has 1 saturated carbocycles. The van der Waals surface area contributed by atoms with Crippen LogP contribution in [0.4, 0.5) is 10.1 Å². The van der Waals surface area contributed by atoms with E-state index < -0.39 is 11.2 Å². The quantitative estimate of drug-likeness (QED) is 0.284. The highest BCUT2D eigenvalue weighted by atomic mass is 35.5. The molecule has 4 aromatic rings. The number of nitrogens with zero attached hydrogens (tertiary/aromatic N) is 3. The molecular weight excluding hydrogens is 498 g/mol. The second kappa shape index (κ2) is 9.17. The fraction of sp³-hybridized carbons (Fsp3) is 0.250. The van der Waals surface area contributed by atoms with E-state index in [0.717, 1.165) is 23.6 Å². The first-order chi connectivity index (χ1) is 16.4. The predicted molar refractivity (Wildman–Crippen MR) is 131 cm³/mol. The number of benzene rings is 2. The number of amides is 1. The van der Waals surface area contributed by atoms with Crippen LogP contribution in [0.1, 0.15) is 36.9 Å². The van der Waals surface area contributed by atoms with Gasteiger partial charge in [0.15, 0.2) is 5.58 Å². The lowest BCUT2D eigenvalue weighted by Crippen LogP contribution is -2.16. The maximum absolute atomic E-state index is 13.6. The van der Waals surface area contributed by atoms with E-state index in [1.165, 1.54) is 12.1 Å². The maximum Gasteiger partial charge on any atom is 0.230 e. The van der Waals surface area contributed by atoms with Crippen LogP contribution in [0.15, 0.2) is 52.2 Å². The second-order valence-corrected chi connectivity index (χ2v) is 10.1. The van der Waals surface area contributed by atoms with Crippen molar-refractivity contribution in [3.05, 3.63) is 75.7 Å². The number of thioether (sulfide) groups is 1. The van der Waals surface area contributed by atoms with Gasteiger partial charge in [0.1, 0.15) is 16.4 Å². The summed E-state index contributed by atoms with van der Waals surface area (Å²) >= 11 is 14.9. The summed E-state index contributed by atoms with van der Waals surface area (Å²) in [6.07, 6.45) is 4.83. The van der Waals surface area contributed by atoms with Crippen molar-refractivity contribution in [2.45, 2.75) is 36.6 Å². The number of rotatable bonds is 7. The Kier molecular flexibility index (Phi) is 6.22. The highest BCUT2D eigenvalue weighted by Gasteiger charge is 2.52. The van der Waals surface area contributed by atoms with E-state index in [0.29, 0.717) is 44.0 Å².